The Bertz CT molecular complexity index is 355. The zero-order valence-corrected chi connectivity index (χ0v) is 10.2. The molecule has 76 valence electrons. The molecule has 0 aliphatic heterocycles. The van der Waals surface area contributed by atoms with Gasteiger partial charge in [0.1, 0.15) is 0 Å². The highest BCUT2D eigenvalue weighted by molar-refractivity contribution is 9.10. The molecule has 0 aliphatic carbocycles. The minimum Gasteiger partial charge on any atom is -0.323 e. The molecule has 0 saturated carbocycles. The van der Waals surface area contributed by atoms with E-state index in [0.717, 1.165) is 4.47 Å². The van der Waals surface area contributed by atoms with Gasteiger partial charge in [-0.1, -0.05) is 25.4 Å². The first-order valence-corrected chi connectivity index (χ1v) is 5.29. The van der Waals surface area contributed by atoms with Crippen molar-refractivity contribution < 1.29 is 4.79 Å². The molecule has 1 N–H and O–H groups in total. The van der Waals surface area contributed by atoms with E-state index in [1.165, 1.54) is 0 Å². The first-order valence-electron chi connectivity index (χ1n) is 4.12. The largest absolute Gasteiger partial charge is 0.323 e. The molecule has 0 radical (unpaired) electrons. The van der Waals surface area contributed by atoms with Crippen LogP contribution in [0.2, 0.25) is 5.15 Å². The van der Waals surface area contributed by atoms with E-state index >= 15 is 0 Å². The number of hydrogen-bond donors (Lipinski definition) is 1. The lowest BCUT2D eigenvalue weighted by Crippen LogP contribution is -2.18. The standard InChI is InChI=1S/C9H10BrClN2O/c1-5(2)9(14)13-7-3-6(10)4-12-8(7)11/h3-5H,1-2H3,(H,13,14). The van der Waals surface area contributed by atoms with Crippen LogP contribution in [0.1, 0.15) is 13.8 Å². The Labute approximate surface area is 96.0 Å². The first kappa shape index (κ1) is 11.5. The molecule has 3 nitrogen and oxygen atoms in total. The smallest absolute Gasteiger partial charge is 0.227 e. The molecule has 1 amide bonds. The van der Waals surface area contributed by atoms with E-state index < -0.39 is 0 Å². The van der Waals surface area contributed by atoms with Crippen LogP contribution < -0.4 is 5.32 Å². The van der Waals surface area contributed by atoms with Crippen LogP contribution in [0.5, 0.6) is 0 Å². The molecule has 1 aromatic rings. The molecule has 0 saturated heterocycles. The lowest BCUT2D eigenvalue weighted by molar-refractivity contribution is -0.118. The van der Waals surface area contributed by atoms with Crippen molar-refractivity contribution in [2.24, 2.45) is 5.92 Å². The second-order valence-electron chi connectivity index (χ2n) is 3.14. The zero-order valence-electron chi connectivity index (χ0n) is 7.84. The number of nitrogens with zero attached hydrogens (tertiary/aromatic N) is 1. The molecule has 0 bridgehead atoms. The fourth-order valence-electron chi connectivity index (χ4n) is 0.787. The number of pyridine rings is 1. The minimum atomic E-state index is -0.0787. The van der Waals surface area contributed by atoms with Gasteiger partial charge in [-0.05, 0) is 22.0 Å². The van der Waals surface area contributed by atoms with Gasteiger partial charge < -0.3 is 5.32 Å². The van der Waals surface area contributed by atoms with E-state index in [0.29, 0.717) is 10.8 Å². The quantitative estimate of drug-likeness (QED) is 0.844. The van der Waals surface area contributed by atoms with E-state index in [9.17, 15) is 4.79 Å². The summed E-state index contributed by atoms with van der Waals surface area (Å²) >= 11 is 9.05. The third-order valence-corrected chi connectivity index (χ3v) is 2.32. The number of amides is 1. The molecular formula is C9H10BrClN2O. The Hall–Kier alpha value is -0.610. The van der Waals surface area contributed by atoms with E-state index in [1.807, 2.05) is 13.8 Å². The number of anilines is 1. The molecule has 0 aliphatic rings. The Morgan fingerprint density at radius 1 is 1.64 bits per heavy atom. The fourth-order valence-corrected chi connectivity index (χ4v) is 1.27. The van der Waals surface area contributed by atoms with Crippen molar-refractivity contribution in [3.63, 3.8) is 0 Å². The molecule has 0 aromatic carbocycles. The van der Waals surface area contributed by atoms with Crippen molar-refractivity contribution in [1.82, 2.24) is 4.98 Å². The van der Waals surface area contributed by atoms with Gasteiger partial charge in [-0.3, -0.25) is 4.79 Å². The van der Waals surface area contributed by atoms with Crippen LogP contribution in [0.4, 0.5) is 5.69 Å². The maximum absolute atomic E-state index is 11.4. The van der Waals surface area contributed by atoms with Crippen LogP contribution in [0.25, 0.3) is 0 Å². The molecule has 1 rings (SSSR count). The number of hydrogen-bond acceptors (Lipinski definition) is 2. The third-order valence-electron chi connectivity index (χ3n) is 1.59. The number of aromatic nitrogens is 1. The Morgan fingerprint density at radius 2 is 2.29 bits per heavy atom. The average molecular weight is 278 g/mol. The Kier molecular flexibility index (Phi) is 3.89. The van der Waals surface area contributed by atoms with Gasteiger partial charge in [0.2, 0.25) is 5.91 Å². The molecule has 0 atom stereocenters. The van der Waals surface area contributed by atoms with Crippen molar-refractivity contribution in [2.75, 3.05) is 5.32 Å². The summed E-state index contributed by atoms with van der Waals surface area (Å²) in [6, 6.07) is 1.72. The van der Waals surface area contributed by atoms with Crippen molar-refractivity contribution in [3.8, 4) is 0 Å². The highest BCUT2D eigenvalue weighted by atomic mass is 79.9. The maximum Gasteiger partial charge on any atom is 0.227 e. The predicted octanol–water partition coefficient (Wildman–Crippen LogP) is 3.09. The topological polar surface area (TPSA) is 42.0 Å². The second kappa shape index (κ2) is 4.75. The Balaban J connectivity index is 2.86. The van der Waals surface area contributed by atoms with E-state index in [4.69, 9.17) is 11.6 Å². The van der Waals surface area contributed by atoms with E-state index in [-0.39, 0.29) is 11.8 Å². The molecule has 1 heterocycles. The van der Waals surface area contributed by atoms with Gasteiger partial charge in [0.05, 0.1) is 5.69 Å². The molecule has 1 aromatic heterocycles. The lowest BCUT2D eigenvalue weighted by Gasteiger charge is -2.08. The molecule has 0 unspecified atom stereocenters. The SMILES string of the molecule is CC(C)C(=O)Nc1cc(Br)cnc1Cl. The summed E-state index contributed by atoms with van der Waals surface area (Å²) in [5, 5.41) is 2.98. The van der Waals surface area contributed by atoms with Crippen molar-refractivity contribution in [1.29, 1.82) is 0 Å². The number of carbonyl (C=O) groups excluding carboxylic acids is 1. The predicted molar refractivity (Wildman–Crippen MR) is 60.4 cm³/mol. The third kappa shape index (κ3) is 2.96. The van der Waals surface area contributed by atoms with Crippen LogP contribution >= 0.6 is 27.5 Å². The number of rotatable bonds is 2. The summed E-state index contributed by atoms with van der Waals surface area (Å²) in [4.78, 5) is 15.3. The van der Waals surface area contributed by atoms with Crippen LogP contribution in [-0.2, 0) is 4.79 Å². The van der Waals surface area contributed by atoms with E-state index in [1.54, 1.807) is 12.3 Å². The zero-order chi connectivity index (χ0) is 10.7. The molecule has 14 heavy (non-hydrogen) atoms. The van der Waals surface area contributed by atoms with Crippen LogP contribution in [-0.4, -0.2) is 10.9 Å². The minimum absolute atomic E-state index is 0.0770. The second-order valence-corrected chi connectivity index (χ2v) is 4.41. The van der Waals surface area contributed by atoms with Gasteiger partial charge in [0.25, 0.3) is 0 Å². The summed E-state index contributed by atoms with van der Waals surface area (Å²) < 4.78 is 0.779. The van der Waals surface area contributed by atoms with Crippen molar-refractivity contribution >= 4 is 39.1 Å². The van der Waals surface area contributed by atoms with Crippen molar-refractivity contribution in [2.45, 2.75) is 13.8 Å². The molecule has 0 spiro atoms. The van der Waals surface area contributed by atoms with Gasteiger partial charge in [-0.2, -0.15) is 0 Å². The van der Waals surface area contributed by atoms with Crippen LogP contribution in [0.15, 0.2) is 16.7 Å². The highest BCUT2D eigenvalue weighted by Crippen LogP contribution is 2.23. The fraction of sp³-hybridized carbons (Fsp3) is 0.333. The van der Waals surface area contributed by atoms with Crippen LogP contribution in [0.3, 0.4) is 0 Å². The normalized spacial score (nSPS) is 10.4. The van der Waals surface area contributed by atoms with E-state index in [2.05, 4.69) is 26.2 Å². The van der Waals surface area contributed by atoms with Gasteiger partial charge >= 0.3 is 0 Å². The highest BCUT2D eigenvalue weighted by Gasteiger charge is 2.10. The lowest BCUT2D eigenvalue weighted by atomic mass is 10.2. The average Bonchev–Trinajstić information content (AvgIpc) is 2.11. The van der Waals surface area contributed by atoms with Gasteiger partial charge in [-0.15, -0.1) is 0 Å². The summed E-state index contributed by atoms with van der Waals surface area (Å²) in [5.74, 6) is -0.156. The maximum atomic E-state index is 11.4. The van der Waals surface area contributed by atoms with Crippen molar-refractivity contribution in [3.05, 3.63) is 21.9 Å². The van der Waals surface area contributed by atoms with Gasteiger partial charge in [0, 0.05) is 16.6 Å². The number of nitrogens with one attached hydrogen (secondary N) is 1. The summed E-state index contributed by atoms with van der Waals surface area (Å²) in [6.45, 7) is 3.63. The molecular weight excluding hydrogens is 267 g/mol. The van der Waals surface area contributed by atoms with Gasteiger partial charge in [-0.25, -0.2) is 4.98 Å². The first-order chi connectivity index (χ1) is 6.50. The van der Waals surface area contributed by atoms with Gasteiger partial charge in [0.15, 0.2) is 5.15 Å². The number of carbonyl (C=O) groups is 1. The molecule has 5 heteroatoms. The monoisotopic (exact) mass is 276 g/mol. The number of halogens is 2. The summed E-state index contributed by atoms with van der Waals surface area (Å²) in [5.41, 5.74) is 0.528. The Morgan fingerprint density at radius 3 is 2.86 bits per heavy atom. The summed E-state index contributed by atoms with van der Waals surface area (Å²) in [6.07, 6.45) is 1.58. The molecule has 0 fully saturated rings. The van der Waals surface area contributed by atoms with Crippen LogP contribution in [0, 0.1) is 5.92 Å². The summed E-state index contributed by atoms with van der Waals surface area (Å²) in [7, 11) is 0.